The summed E-state index contributed by atoms with van der Waals surface area (Å²) < 4.78 is 18.6. The Balaban J connectivity index is 1.34. The van der Waals surface area contributed by atoms with Crippen molar-refractivity contribution in [3.05, 3.63) is 54.7 Å². The molecule has 4 heterocycles. The molecule has 33 heavy (non-hydrogen) atoms. The minimum atomic E-state index is 0.244. The summed E-state index contributed by atoms with van der Waals surface area (Å²) >= 11 is 0. The lowest BCUT2D eigenvalue weighted by molar-refractivity contribution is 0.174. The zero-order valence-electron chi connectivity index (χ0n) is 18.7. The van der Waals surface area contributed by atoms with E-state index in [0.29, 0.717) is 18.4 Å². The molecule has 1 aromatic carbocycles. The second-order valence-electron chi connectivity index (χ2n) is 7.57. The number of rotatable bonds is 9. The van der Waals surface area contributed by atoms with Gasteiger partial charge in [-0.3, -0.25) is 0 Å². The van der Waals surface area contributed by atoms with E-state index in [1.165, 1.54) is 0 Å². The van der Waals surface area contributed by atoms with Crippen LogP contribution in [0, 0.1) is 0 Å². The van der Waals surface area contributed by atoms with Gasteiger partial charge < -0.3 is 24.4 Å². The standard InChI is InChI=1S/C24H26N6O3/c1-3-29(4-2)12-13-31-23-15-18(10-11-25-23)26-24-27-22-7-5-6-19(30(22)28-24)17-8-9-20-21(14-17)33-16-32-20/h5-11,14-15H,3-4,12-13,16H2,1-2H3,(H,25,26,28). The quantitative estimate of drug-likeness (QED) is 0.413. The normalized spacial score (nSPS) is 12.5. The Hall–Kier alpha value is -3.85. The third-order valence-corrected chi connectivity index (χ3v) is 5.57. The van der Waals surface area contributed by atoms with Crippen LogP contribution in [-0.2, 0) is 0 Å². The van der Waals surface area contributed by atoms with Gasteiger partial charge >= 0.3 is 0 Å². The fourth-order valence-corrected chi connectivity index (χ4v) is 3.75. The number of ether oxygens (including phenoxy) is 3. The van der Waals surface area contributed by atoms with Crippen LogP contribution in [0.2, 0.25) is 0 Å². The molecule has 9 nitrogen and oxygen atoms in total. The summed E-state index contributed by atoms with van der Waals surface area (Å²) in [7, 11) is 0. The molecule has 0 unspecified atom stereocenters. The number of pyridine rings is 2. The molecule has 9 heteroatoms. The molecule has 1 aliphatic rings. The Morgan fingerprint density at radius 2 is 1.94 bits per heavy atom. The zero-order chi connectivity index (χ0) is 22.6. The molecule has 0 amide bonds. The molecule has 5 rings (SSSR count). The Bertz CT molecular complexity index is 1250. The van der Waals surface area contributed by atoms with E-state index in [4.69, 9.17) is 14.2 Å². The first kappa shape index (κ1) is 21.0. The third kappa shape index (κ3) is 4.54. The first-order valence-electron chi connectivity index (χ1n) is 11.1. The minimum Gasteiger partial charge on any atom is -0.476 e. The molecule has 0 bridgehead atoms. The summed E-state index contributed by atoms with van der Waals surface area (Å²) in [6.07, 6.45) is 1.71. The van der Waals surface area contributed by atoms with E-state index in [9.17, 15) is 0 Å². The fourth-order valence-electron chi connectivity index (χ4n) is 3.75. The Morgan fingerprint density at radius 3 is 2.82 bits per heavy atom. The summed E-state index contributed by atoms with van der Waals surface area (Å²) in [5, 5.41) is 7.93. The molecule has 4 aromatic rings. The van der Waals surface area contributed by atoms with Gasteiger partial charge in [-0.1, -0.05) is 19.9 Å². The Labute approximate surface area is 191 Å². The van der Waals surface area contributed by atoms with Gasteiger partial charge in [0.15, 0.2) is 17.1 Å². The molecule has 170 valence electrons. The van der Waals surface area contributed by atoms with Gasteiger partial charge in [0.25, 0.3) is 0 Å². The number of aromatic nitrogens is 4. The maximum Gasteiger partial charge on any atom is 0.247 e. The first-order valence-corrected chi connectivity index (χ1v) is 11.1. The predicted molar refractivity (Wildman–Crippen MR) is 125 cm³/mol. The Morgan fingerprint density at radius 1 is 1.06 bits per heavy atom. The topological polar surface area (TPSA) is 86.0 Å². The number of hydrogen-bond donors (Lipinski definition) is 1. The molecular weight excluding hydrogens is 420 g/mol. The van der Waals surface area contributed by atoms with Crippen molar-refractivity contribution in [2.24, 2.45) is 0 Å². The number of likely N-dealkylation sites (N-methyl/N-ethyl adjacent to an activating group) is 1. The van der Waals surface area contributed by atoms with Crippen LogP contribution in [-0.4, -0.2) is 57.5 Å². The Kier molecular flexibility index (Phi) is 5.95. The number of hydrogen-bond acceptors (Lipinski definition) is 8. The lowest BCUT2D eigenvalue weighted by Gasteiger charge is -2.17. The van der Waals surface area contributed by atoms with Gasteiger partial charge in [-0.05, 0) is 49.5 Å². The summed E-state index contributed by atoms with van der Waals surface area (Å²) in [6.45, 7) is 7.99. The number of nitrogens with zero attached hydrogens (tertiary/aromatic N) is 5. The maximum atomic E-state index is 5.83. The van der Waals surface area contributed by atoms with Crippen molar-refractivity contribution >= 4 is 17.3 Å². The van der Waals surface area contributed by atoms with Gasteiger partial charge in [0.1, 0.15) is 6.61 Å². The molecule has 0 saturated carbocycles. The van der Waals surface area contributed by atoms with Crippen LogP contribution in [0.3, 0.4) is 0 Å². The predicted octanol–water partition coefficient (Wildman–Crippen LogP) is 3.98. The molecule has 0 spiro atoms. The van der Waals surface area contributed by atoms with Crippen molar-refractivity contribution in [1.82, 2.24) is 24.5 Å². The fraction of sp³-hybridized carbons (Fsp3) is 0.292. The van der Waals surface area contributed by atoms with Crippen molar-refractivity contribution in [1.29, 1.82) is 0 Å². The van der Waals surface area contributed by atoms with Crippen LogP contribution in [0.4, 0.5) is 11.6 Å². The summed E-state index contributed by atoms with van der Waals surface area (Å²) in [5.74, 6) is 2.54. The van der Waals surface area contributed by atoms with Gasteiger partial charge in [0.2, 0.25) is 18.6 Å². The van der Waals surface area contributed by atoms with Crippen molar-refractivity contribution in [2.75, 3.05) is 38.4 Å². The van der Waals surface area contributed by atoms with Crippen LogP contribution in [0.15, 0.2) is 54.7 Å². The van der Waals surface area contributed by atoms with Crippen LogP contribution in [0.25, 0.3) is 16.9 Å². The van der Waals surface area contributed by atoms with E-state index < -0.39 is 0 Å². The van der Waals surface area contributed by atoms with Gasteiger partial charge in [0.05, 0.1) is 5.69 Å². The maximum absolute atomic E-state index is 5.83. The summed E-state index contributed by atoms with van der Waals surface area (Å²) in [5.41, 5.74) is 3.41. The van der Waals surface area contributed by atoms with E-state index in [-0.39, 0.29) is 6.79 Å². The molecule has 3 aromatic heterocycles. The highest BCUT2D eigenvalue weighted by Gasteiger charge is 2.16. The van der Waals surface area contributed by atoms with Gasteiger partial charge in [-0.2, -0.15) is 4.98 Å². The largest absolute Gasteiger partial charge is 0.476 e. The van der Waals surface area contributed by atoms with Crippen molar-refractivity contribution < 1.29 is 14.2 Å². The van der Waals surface area contributed by atoms with Crippen molar-refractivity contribution in [3.63, 3.8) is 0 Å². The first-order chi connectivity index (χ1) is 16.2. The number of anilines is 2. The second-order valence-corrected chi connectivity index (χ2v) is 7.57. The van der Waals surface area contributed by atoms with E-state index in [1.54, 1.807) is 6.20 Å². The SMILES string of the molecule is CCN(CC)CCOc1cc(Nc2nc3cccc(-c4ccc5c(c4)OCO5)n3n2)ccn1. The molecular formula is C24H26N6O3. The molecule has 1 aliphatic heterocycles. The molecule has 0 aliphatic carbocycles. The smallest absolute Gasteiger partial charge is 0.247 e. The number of fused-ring (bicyclic) bond motifs is 2. The monoisotopic (exact) mass is 446 g/mol. The van der Waals surface area contributed by atoms with Gasteiger partial charge in [0, 0.05) is 30.1 Å². The van der Waals surface area contributed by atoms with E-state index in [2.05, 4.69) is 39.1 Å². The highest BCUT2D eigenvalue weighted by atomic mass is 16.7. The van der Waals surface area contributed by atoms with Crippen LogP contribution in [0.1, 0.15) is 13.8 Å². The lowest BCUT2D eigenvalue weighted by atomic mass is 10.1. The highest BCUT2D eigenvalue weighted by molar-refractivity contribution is 5.68. The molecule has 0 atom stereocenters. The van der Waals surface area contributed by atoms with Gasteiger partial charge in [-0.25, -0.2) is 9.50 Å². The van der Waals surface area contributed by atoms with Crippen molar-refractivity contribution in [3.8, 4) is 28.6 Å². The molecule has 0 radical (unpaired) electrons. The molecule has 1 N–H and O–H groups in total. The van der Waals surface area contributed by atoms with E-state index >= 15 is 0 Å². The highest BCUT2D eigenvalue weighted by Crippen LogP contribution is 2.36. The second kappa shape index (κ2) is 9.33. The molecule has 0 saturated heterocycles. The minimum absolute atomic E-state index is 0.244. The van der Waals surface area contributed by atoms with Gasteiger partial charge in [-0.15, -0.1) is 5.10 Å². The van der Waals surface area contributed by atoms with Crippen LogP contribution >= 0.6 is 0 Å². The van der Waals surface area contributed by atoms with E-state index in [0.717, 1.165) is 53.7 Å². The van der Waals surface area contributed by atoms with Crippen LogP contribution < -0.4 is 19.5 Å². The number of benzene rings is 1. The van der Waals surface area contributed by atoms with Crippen molar-refractivity contribution in [2.45, 2.75) is 13.8 Å². The zero-order valence-corrected chi connectivity index (χ0v) is 18.7. The number of nitrogens with one attached hydrogen (secondary N) is 1. The van der Waals surface area contributed by atoms with Crippen LogP contribution in [0.5, 0.6) is 17.4 Å². The average Bonchev–Trinajstić information content (AvgIpc) is 3.48. The summed E-state index contributed by atoms with van der Waals surface area (Å²) in [6, 6.07) is 15.4. The lowest BCUT2D eigenvalue weighted by Crippen LogP contribution is -2.28. The third-order valence-electron chi connectivity index (χ3n) is 5.57. The summed E-state index contributed by atoms with van der Waals surface area (Å²) in [4.78, 5) is 11.2. The molecule has 0 fully saturated rings. The van der Waals surface area contributed by atoms with E-state index in [1.807, 2.05) is 53.0 Å². The average molecular weight is 447 g/mol.